The van der Waals surface area contributed by atoms with Crippen molar-refractivity contribution in [1.29, 1.82) is 0 Å². The van der Waals surface area contributed by atoms with Crippen LogP contribution in [0.5, 0.6) is 0 Å². The van der Waals surface area contributed by atoms with Crippen LogP contribution in [0, 0.1) is 0 Å². The van der Waals surface area contributed by atoms with Gasteiger partial charge in [-0.1, -0.05) is 0 Å². The van der Waals surface area contributed by atoms with E-state index in [0.717, 1.165) is 0 Å². The van der Waals surface area contributed by atoms with E-state index in [0.29, 0.717) is 0 Å². The lowest BCUT2D eigenvalue weighted by Gasteiger charge is -2.01. The maximum Gasteiger partial charge on any atom is 0.303 e. The van der Waals surface area contributed by atoms with E-state index in [2.05, 4.69) is 0 Å². The summed E-state index contributed by atoms with van der Waals surface area (Å²) >= 11 is 0. The van der Waals surface area contributed by atoms with Gasteiger partial charge in [0.05, 0.1) is 0 Å². The van der Waals surface area contributed by atoms with Crippen LogP contribution in [-0.2, 0) is 9.36 Å². The van der Waals surface area contributed by atoms with E-state index in [1.54, 1.807) is 0 Å². The van der Waals surface area contributed by atoms with Crippen molar-refractivity contribution in [3.8, 4) is 0 Å². The Morgan fingerprint density at radius 1 is 1.60 bits per heavy atom. The van der Waals surface area contributed by atoms with E-state index in [4.69, 9.17) is 15.5 Å². The van der Waals surface area contributed by atoms with E-state index in [1.807, 2.05) is 0 Å². The standard InChI is InChI=1S/C4H10NO4P/c5-10(8,9)3-1-2-4(6)7/h1-3H2,(H,6,7)(H3,5,8,9). The number of carboxylic acid groups (broad SMARTS) is 1. The third kappa shape index (κ3) is 7.62. The average molecular weight is 167 g/mol. The highest BCUT2D eigenvalue weighted by Crippen LogP contribution is 2.30. The molecule has 60 valence electrons. The van der Waals surface area contributed by atoms with Crippen LogP contribution in [0.15, 0.2) is 0 Å². The van der Waals surface area contributed by atoms with E-state index in [-0.39, 0.29) is 19.0 Å². The lowest BCUT2D eigenvalue weighted by Crippen LogP contribution is -2.01. The molecule has 0 aromatic rings. The second-order valence-electron chi connectivity index (χ2n) is 1.98. The summed E-state index contributed by atoms with van der Waals surface area (Å²) in [6.45, 7) is 0. The quantitative estimate of drug-likeness (QED) is 0.511. The molecule has 0 saturated heterocycles. The van der Waals surface area contributed by atoms with Crippen LogP contribution in [0.2, 0.25) is 0 Å². The number of nitrogens with two attached hydrogens (primary N) is 1. The Labute approximate surface area is 58.4 Å². The summed E-state index contributed by atoms with van der Waals surface area (Å²) in [6.07, 6.45) is -0.0827. The Morgan fingerprint density at radius 3 is 2.40 bits per heavy atom. The van der Waals surface area contributed by atoms with Crippen LogP contribution in [0.4, 0.5) is 0 Å². The second kappa shape index (κ2) is 3.71. The van der Waals surface area contributed by atoms with Gasteiger partial charge in [0.2, 0.25) is 0 Å². The van der Waals surface area contributed by atoms with E-state index in [1.165, 1.54) is 0 Å². The first kappa shape index (κ1) is 9.62. The fraction of sp³-hybridized carbons (Fsp3) is 0.750. The monoisotopic (exact) mass is 167 g/mol. The molecule has 10 heavy (non-hydrogen) atoms. The first-order valence-electron chi connectivity index (χ1n) is 2.74. The lowest BCUT2D eigenvalue weighted by molar-refractivity contribution is -0.137. The van der Waals surface area contributed by atoms with Crippen molar-refractivity contribution >= 4 is 13.5 Å². The maximum absolute atomic E-state index is 10.3. The zero-order valence-electron chi connectivity index (χ0n) is 5.36. The fourth-order valence-electron chi connectivity index (χ4n) is 0.457. The Kier molecular flexibility index (Phi) is 3.57. The van der Waals surface area contributed by atoms with Gasteiger partial charge in [0.1, 0.15) is 0 Å². The molecule has 0 fully saturated rings. The van der Waals surface area contributed by atoms with E-state index in [9.17, 15) is 9.36 Å². The molecule has 5 nitrogen and oxygen atoms in total. The number of carbonyl (C=O) groups is 1. The van der Waals surface area contributed by atoms with Gasteiger partial charge < -0.3 is 10.00 Å². The fourth-order valence-corrected chi connectivity index (χ4v) is 1.07. The molecule has 4 N–H and O–H groups in total. The van der Waals surface area contributed by atoms with Crippen molar-refractivity contribution in [2.24, 2.45) is 5.50 Å². The molecular formula is C4H10NO4P. The molecule has 0 bridgehead atoms. The van der Waals surface area contributed by atoms with Crippen molar-refractivity contribution in [3.05, 3.63) is 0 Å². The molecule has 1 atom stereocenters. The van der Waals surface area contributed by atoms with Crippen molar-refractivity contribution in [2.45, 2.75) is 12.8 Å². The third-order valence-electron chi connectivity index (χ3n) is 0.869. The molecule has 0 aliphatic rings. The molecule has 0 radical (unpaired) electrons. The largest absolute Gasteiger partial charge is 0.481 e. The van der Waals surface area contributed by atoms with E-state index >= 15 is 0 Å². The van der Waals surface area contributed by atoms with Crippen molar-refractivity contribution < 1.29 is 19.4 Å². The Hall–Kier alpha value is -0.380. The Balaban J connectivity index is 3.39. The molecule has 0 spiro atoms. The normalized spacial score (nSPS) is 16.2. The number of hydrogen-bond donors (Lipinski definition) is 3. The van der Waals surface area contributed by atoms with Gasteiger partial charge in [-0.05, 0) is 6.42 Å². The van der Waals surface area contributed by atoms with Crippen molar-refractivity contribution in [3.63, 3.8) is 0 Å². The number of aliphatic carboxylic acids is 1. The van der Waals surface area contributed by atoms with Gasteiger partial charge in [0.15, 0.2) is 0 Å². The first-order chi connectivity index (χ1) is 4.42. The van der Waals surface area contributed by atoms with Crippen molar-refractivity contribution in [1.82, 2.24) is 0 Å². The van der Waals surface area contributed by atoms with Crippen LogP contribution in [-0.4, -0.2) is 22.1 Å². The lowest BCUT2D eigenvalue weighted by atomic mass is 10.3. The van der Waals surface area contributed by atoms with Crippen LogP contribution < -0.4 is 5.50 Å². The SMILES string of the molecule is NP(=O)(O)CCCC(=O)O. The summed E-state index contributed by atoms with van der Waals surface area (Å²) in [5.74, 6) is -0.978. The summed E-state index contributed by atoms with van der Waals surface area (Å²) < 4.78 is 10.3. The average Bonchev–Trinajstić information content (AvgIpc) is 1.59. The van der Waals surface area contributed by atoms with Gasteiger partial charge in [-0.2, -0.15) is 0 Å². The summed E-state index contributed by atoms with van der Waals surface area (Å²) in [6, 6.07) is 0. The van der Waals surface area contributed by atoms with Crippen LogP contribution >= 0.6 is 7.52 Å². The molecule has 0 heterocycles. The molecule has 0 amide bonds. The van der Waals surface area contributed by atoms with Gasteiger partial charge in [-0.25, -0.2) is 0 Å². The summed E-state index contributed by atoms with van der Waals surface area (Å²) in [5, 5.41) is 8.10. The summed E-state index contributed by atoms with van der Waals surface area (Å²) in [5.41, 5.74) is 4.74. The highest BCUT2D eigenvalue weighted by molar-refractivity contribution is 7.55. The molecule has 0 aromatic carbocycles. The maximum atomic E-state index is 10.3. The summed E-state index contributed by atoms with van der Waals surface area (Å²) in [7, 11) is -3.49. The second-order valence-corrected chi connectivity index (χ2v) is 3.93. The molecular weight excluding hydrogens is 157 g/mol. The van der Waals surface area contributed by atoms with Gasteiger partial charge in [-0.15, -0.1) is 0 Å². The number of hydrogen-bond acceptors (Lipinski definition) is 2. The first-order valence-corrected chi connectivity index (χ1v) is 4.65. The molecule has 0 aliphatic carbocycles. The van der Waals surface area contributed by atoms with Crippen molar-refractivity contribution in [2.75, 3.05) is 6.16 Å². The molecule has 0 rings (SSSR count). The van der Waals surface area contributed by atoms with Crippen LogP contribution in [0.1, 0.15) is 12.8 Å². The van der Waals surface area contributed by atoms with Crippen LogP contribution in [0.25, 0.3) is 0 Å². The predicted molar refractivity (Wildman–Crippen MR) is 35.7 cm³/mol. The smallest absolute Gasteiger partial charge is 0.303 e. The molecule has 6 heteroatoms. The van der Waals surface area contributed by atoms with Crippen LogP contribution in [0.3, 0.4) is 0 Å². The van der Waals surface area contributed by atoms with Gasteiger partial charge in [-0.3, -0.25) is 14.9 Å². The topological polar surface area (TPSA) is 101 Å². The molecule has 0 aromatic heterocycles. The number of carboxylic acids is 1. The molecule has 1 unspecified atom stereocenters. The molecule has 0 saturated carbocycles. The van der Waals surface area contributed by atoms with Gasteiger partial charge >= 0.3 is 5.97 Å². The minimum atomic E-state index is -3.49. The number of rotatable bonds is 4. The zero-order chi connectivity index (χ0) is 8.20. The third-order valence-corrected chi connectivity index (χ3v) is 1.83. The molecule has 0 aliphatic heterocycles. The highest BCUT2D eigenvalue weighted by Gasteiger charge is 2.10. The predicted octanol–water partition coefficient (Wildman–Crippen LogP) is -0.00470. The summed E-state index contributed by atoms with van der Waals surface area (Å²) in [4.78, 5) is 18.3. The minimum absolute atomic E-state index is 0.109. The zero-order valence-corrected chi connectivity index (χ0v) is 6.25. The van der Waals surface area contributed by atoms with E-state index < -0.39 is 13.5 Å². The highest BCUT2D eigenvalue weighted by atomic mass is 31.2. The minimum Gasteiger partial charge on any atom is -0.481 e. The van der Waals surface area contributed by atoms with Gasteiger partial charge in [0.25, 0.3) is 7.52 Å². The Morgan fingerprint density at radius 2 is 2.10 bits per heavy atom. The van der Waals surface area contributed by atoms with Gasteiger partial charge in [0, 0.05) is 12.6 Å². The Bertz CT molecular complexity index is 163.